The van der Waals surface area contributed by atoms with Crippen LogP contribution in [0.3, 0.4) is 0 Å². The molecule has 0 aromatic heterocycles. The molecule has 0 aromatic rings. The van der Waals surface area contributed by atoms with Gasteiger partial charge in [0.05, 0.1) is 66.1 Å². The first-order chi connectivity index (χ1) is 59.2. The van der Waals surface area contributed by atoms with Crippen molar-refractivity contribution in [1.82, 2.24) is 0 Å². The van der Waals surface area contributed by atoms with E-state index in [4.69, 9.17) is 126 Å². The molecule has 14 saturated heterocycles. The van der Waals surface area contributed by atoms with Crippen molar-refractivity contribution in [2.45, 2.75) is 301 Å². The van der Waals surface area contributed by atoms with Crippen LogP contribution < -0.4 is 0 Å². The van der Waals surface area contributed by atoms with Crippen LogP contribution in [0.1, 0.15) is 0 Å². The minimum absolute atomic E-state index is 0. The third-order valence-corrected chi connectivity index (χ3v) is 25.0. The van der Waals surface area contributed by atoms with E-state index < -0.39 is 412 Å². The van der Waals surface area contributed by atoms with Gasteiger partial charge in [0, 0.05) is 148 Å². The Morgan fingerprint density at radius 2 is 0.511 bits per heavy atom. The molecule has 22 N–H and O–H groups in total. The summed E-state index contributed by atoms with van der Waals surface area (Å²) in [6, 6.07) is 0. The average Bonchev–Trinajstić information content (AvgIpc) is 1.67. The van der Waals surface area contributed by atoms with Crippen molar-refractivity contribution >= 4 is 206 Å². The van der Waals surface area contributed by atoms with E-state index >= 15 is 0 Å². The topological polar surface area (TPSA) is 891 Å². The Balaban J connectivity index is 0.00000386. The van der Waals surface area contributed by atoms with Gasteiger partial charge in [-0.3, -0.25) is 22.8 Å². The van der Waals surface area contributed by atoms with Gasteiger partial charge in [0.15, 0.2) is 62.9 Å². The second-order valence-electron chi connectivity index (χ2n) is 30.7. The Kier molecular flexibility index (Phi) is 42.8. The third-order valence-electron chi connectivity index (χ3n) is 22.7. The van der Waals surface area contributed by atoms with Gasteiger partial charge in [0.25, 0.3) is 0 Å². The van der Waals surface area contributed by atoms with E-state index in [1.807, 2.05) is 0 Å². The zero-order chi connectivity index (χ0) is 91.4. The van der Waals surface area contributed by atoms with E-state index in [0.29, 0.717) is 0 Å². The zero-order valence-corrected chi connectivity index (χ0v) is 82.8. The minimum Gasteiger partial charge on any atom is -0.394 e. The molecule has 49 unspecified atom stereocenters. The number of carbonyl (C=O) groups excluding carboxylic acids is 1. The van der Waals surface area contributed by atoms with E-state index in [9.17, 15) is 156 Å². The summed E-state index contributed by atoms with van der Waals surface area (Å²) in [4.78, 5) is 11.7. The molecule has 0 saturated carbocycles. The number of hydrogen-bond acceptors (Lipinski definition) is 56. The fraction of sp³-hybridized carbons (Fsp3) is 0.983. The molecular formula is C60H92Na5O61S5. The Morgan fingerprint density at radius 1 is 0.282 bits per heavy atom. The van der Waals surface area contributed by atoms with Crippen molar-refractivity contribution < 1.29 is 286 Å². The molecule has 14 aliphatic heterocycles. The van der Waals surface area contributed by atoms with Crippen LogP contribution in [0, 0.1) is 0 Å². The summed E-state index contributed by atoms with van der Waals surface area (Å²) in [6.45, 7) is -8.84. The van der Waals surface area contributed by atoms with Crippen molar-refractivity contribution in [2.24, 2.45) is 0 Å². The Labute approximate surface area is 850 Å². The van der Waals surface area contributed by atoms with E-state index in [0.717, 1.165) is 0 Å². The Bertz CT molecular complexity index is 4280. The number of aliphatic hydroxyl groups is 17. The predicted octanol–water partition coefficient (Wildman–Crippen LogP) is -20.5. The molecule has 0 aliphatic carbocycles. The molecule has 61 nitrogen and oxygen atoms in total. The average molecular weight is 2060 g/mol. The van der Waals surface area contributed by atoms with Crippen molar-refractivity contribution in [3.63, 3.8) is 0 Å². The summed E-state index contributed by atoms with van der Waals surface area (Å²) in [6.07, 6.45) is -98.6. The van der Waals surface area contributed by atoms with Crippen molar-refractivity contribution in [2.75, 3.05) is 66.1 Å². The van der Waals surface area contributed by atoms with Crippen molar-refractivity contribution in [3.8, 4) is 0 Å². The molecule has 14 heterocycles. The van der Waals surface area contributed by atoms with E-state index in [1.54, 1.807) is 0 Å². The summed E-state index contributed by atoms with van der Waals surface area (Å²) >= 11 is 0. The van der Waals surface area contributed by atoms with E-state index in [2.05, 4.69) is 4.18 Å². The van der Waals surface area contributed by atoms with Crippen LogP contribution in [-0.4, -0.2) is 673 Å². The largest absolute Gasteiger partial charge is 0.397 e. The predicted molar refractivity (Wildman–Crippen MR) is 395 cm³/mol. The number of aliphatic hydroxyl groups excluding tert-OH is 17. The van der Waals surface area contributed by atoms with Gasteiger partial charge in [-0.05, 0) is 0 Å². The van der Waals surface area contributed by atoms with Gasteiger partial charge >= 0.3 is 52.0 Å². The van der Waals surface area contributed by atoms with Crippen LogP contribution in [0.25, 0.3) is 0 Å². The second-order valence-corrected chi connectivity index (χ2v) is 36.0. The zero-order valence-electron chi connectivity index (χ0n) is 68.7. The molecule has 10 bridgehead atoms. The molecule has 0 spiro atoms. The maximum atomic E-state index is 12.5. The first-order valence-electron chi connectivity index (χ1n) is 38.0. The van der Waals surface area contributed by atoms with Crippen LogP contribution in [0.5, 0.6) is 0 Å². The summed E-state index contributed by atoms with van der Waals surface area (Å²) in [5.74, 6) is 0. The number of hydrogen-bond donors (Lipinski definition) is 22. The molecule has 0 amide bonds. The second kappa shape index (κ2) is 47.9. The van der Waals surface area contributed by atoms with E-state index in [-0.39, 0.29) is 161 Å². The van der Waals surface area contributed by atoms with Crippen LogP contribution in [0.2, 0.25) is 0 Å². The molecule has 0 aromatic carbocycles. The van der Waals surface area contributed by atoms with Gasteiger partial charge in [0.1, 0.15) is 244 Å². The third kappa shape index (κ3) is 26.3. The molecule has 14 rings (SSSR count). The summed E-state index contributed by atoms with van der Waals surface area (Å²) in [5.41, 5.74) is 0. The van der Waals surface area contributed by atoms with Gasteiger partial charge in [-0.15, -0.1) is 0 Å². The number of carbonyl (C=O) groups is 1. The molecule has 733 valence electrons. The van der Waals surface area contributed by atoms with Crippen LogP contribution >= 0.6 is 0 Å². The fourth-order valence-electron chi connectivity index (χ4n) is 17.0. The van der Waals surface area contributed by atoms with Crippen LogP contribution in [-0.2, 0) is 187 Å². The first kappa shape index (κ1) is 117. The molecular weight excluding hydrogens is 1970 g/mol. The van der Waals surface area contributed by atoms with Gasteiger partial charge in [-0.25, -0.2) is 20.9 Å². The minimum atomic E-state index is -5.68. The summed E-state index contributed by atoms with van der Waals surface area (Å²) in [5, 5.41) is 189. The number of ether oxygens (including phenoxy) is 23. The fourth-order valence-corrected chi connectivity index (χ4v) is 19.6. The van der Waals surface area contributed by atoms with Gasteiger partial charge in [-0.2, -0.15) is 42.1 Å². The standard InChI is InChI=1S/C60H92O61S5.5Na/c61-1-12(67)33(34(13(68)2-62)117-122(79,80)81)108-53-25(71)44-35(19(104-53)8-95-44)109-58-30(76)49(40(15(4-64)100-58)119-124(85,86)87)114-55-27(73)46-37(21(106-55)10-97-46)111-60-32(78)51(42(17(6-66)102-60)121-126(91,92)93)116-56-28(74)47-38(22(107-56)11-98-47)112-59-31(77)50(41(16(5-65)101-59)120-125(88,89)90)115-54-26(72)45-36(20(105-54)9-96-45)110-57-29(75)48(39(14(3-63)99-57)118-123(82,83)84)113-52-24(70)43-23(69)18(103-52)7-94-43;;;;;/h1,12-60,62-78H,2-11H2,(H,79,80,81)(H,82,83,84)(H,85,86,87)(H,88,89,90)(H,91,92,93);;;;;. The monoisotopic (exact) mass is 2060 g/mol. The van der Waals surface area contributed by atoms with Crippen molar-refractivity contribution in [3.05, 3.63) is 0 Å². The molecule has 14 fully saturated rings. The Morgan fingerprint density at radius 3 is 0.763 bits per heavy atom. The van der Waals surface area contributed by atoms with Gasteiger partial charge in [0.2, 0.25) is 0 Å². The number of aldehydes is 1. The summed E-state index contributed by atoms with van der Waals surface area (Å²) < 4.78 is 328. The van der Waals surface area contributed by atoms with Crippen LogP contribution in [0.4, 0.5) is 0 Å². The maximum Gasteiger partial charge on any atom is 0.397 e. The van der Waals surface area contributed by atoms with Crippen molar-refractivity contribution in [1.29, 1.82) is 0 Å². The first-order valence-corrected chi connectivity index (χ1v) is 44.9. The number of rotatable bonds is 37. The summed E-state index contributed by atoms with van der Waals surface area (Å²) in [7, 11) is -28.0. The number of fused-ring (bicyclic) bond motifs is 10. The van der Waals surface area contributed by atoms with Gasteiger partial charge in [-0.1, -0.05) is 0 Å². The SMILES string of the molecule is O=CC(O)C(OC1OC2COC(C1O)C2OC1OC(CO)C(OS(=O)(=O)O)C(OC2OC3COC(C2O)C3OC2OC(CO)C(OS(=O)(=O)O)C(OC3OC4COC(C3O)C4OC3OC(CO)C(OS(=O)(=O)O)C(OC4OC5COC(C4O)C5OC4OC(CO)C(OS(=O)(=O)O)C(OC5OC6COC(C6O)C5O)C4O)C3O)C2O)C1O)C(OS(=O)(=O)O)C(O)CO.[Na].[Na].[Na].[Na].[Na]. The van der Waals surface area contributed by atoms with Crippen LogP contribution in [0.15, 0.2) is 0 Å². The molecule has 5 radical (unpaired) electrons. The quantitative estimate of drug-likeness (QED) is 0.0156. The molecule has 49 atom stereocenters. The normalized spacial score (nSPS) is 46.5. The molecule has 131 heavy (non-hydrogen) atoms. The maximum absolute atomic E-state index is 12.5. The van der Waals surface area contributed by atoms with E-state index in [1.165, 1.54) is 0 Å². The Hall–Kier alpha value is 2.42. The smallest absolute Gasteiger partial charge is 0.394 e. The molecule has 71 heteroatoms. The molecule has 14 aliphatic rings. The van der Waals surface area contributed by atoms with Gasteiger partial charge < -0.3 is 201 Å².